The van der Waals surface area contributed by atoms with Crippen molar-refractivity contribution in [2.24, 2.45) is 11.5 Å². The van der Waals surface area contributed by atoms with Gasteiger partial charge < -0.3 is 11.5 Å². The van der Waals surface area contributed by atoms with Crippen molar-refractivity contribution in [3.63, 3.8) is 0 Å². The van der Waals surface area contributed by atoms with Gasteiger partial charge in [-0.25, -0.2) is 0 Å². The maximum Gasteiger partial charge on any atom is 0.219 e. The van der Waals surface area contributed by atoms with Gasteiger partial charge in [0.05, 0.1) is 0 Å². The zero-order valence-corrected chi connectivity index (χ0v) is 8.36. The standard InChI is InChI=1S/C11H16N2O/c1-2-8-3-5-9(6-4-8)10(12)7-11(13)14/h3-6,10H,2,7,12H2,1H3,(H2,13,14)/t10-/m0/s1. The highest BCUT2D eigenvalue weighted by molar-refractivity contribution is 5.74. The molecule has 0 bridgehead atoms. The van der Waals surface area contributed by atoms with Gasteiger partial charge in [-0.05, 0) is 17.5 Å². The first kappa shape index (κ1) is 10.7. The second kappa shape index (κ2) is 4.77. The second-order valence-corrected chi connectivity index (χ2v) is 3.37. The molecule has 14 heavy (non-hydrogen) atoms. The Morgan fingerprint density at radius 2 is 1.93 bits per heavy atom. The lowest BCUT2D eigenvalue weighted by Gasteiger charge is -2.09. The number of nitrogens with two attached hydrogens (primary N) is 2. The van der Waals surface area contributed by atoms with E-state index in [0.717, 1.165) is 12.0 Å². The second-order valence-electron chi connectivity index (χ2n) is 3.37. The molecule has 0 saturated heterocycles. The monoisotopic (exact) mass is 192 g/mol. The van der Waals surface area contributed by atoms with Crippen LogP contribution >= 0.6 is 0 Å². The summed E-state index contributed by atoms with van der Waals surface area (Å²) in [6.45, 7) is 2.10. The van der Waals surface area contributed by atoms with E-state index < -0.39 is 0 Å². The number of amides is 1. The van der Waals surface area contributed by atoms with E-state index in [1.807, 2.05) is 24.3 Å². The summed E-state index contributed by atoms with van der Waals surface area (Å²) in [5, 5.41) is 0. The highest BCUT2D eigenvalue weighted by Crippen LogP contribution is 2.14. The number of aryl methyl sites for hydroxylation is 1. The molecule has 0 spiro atoms. The Labute approximate surface area is 84.1 Å². The zero-order valence-electron chi connectivity index (χ0n) is 8.36. The molecule has 0 aliphatic rings. The summed E-state index contributed by atoms with van der Waals surface area (Å²) >= 11 is 0. The van der Waals surface area contributed by atoms with E-state index in [2.05, 4.69) is 6.92 Å². The van der Waals surface area contributed by atoms with Crippen molar-refractivity contribution in [2.75, 3.05) is 0 Å². The summed E-state index contributed by atoms with van der Waals surface area (Å²) in [4.78, 5) is 10.6. The summed E-state index contributed by atoms with van der Waals surface area (Å²) in [6, 6.07) is 7.67. The van der Waals surface area contributed by atoms with E-state index >= 15 is 0 Å². The summed E-state index contributed by atoms with van der Waals surface area (Å²) in [7, 11) is 0. The molecule has 1 rings (SSSR count). The molecule has 1 atom stereocenters. The molecule has 0 unspecified atom stereocenters. The minimum absolute atomic E-state index is 0.200. The van der Waals surface area contributed by atoms with E-state index in [0.29, 0.717) is 0 Å². The number of rotatable bonds is 4. The quantitative estimate of drug-likeness (QED) is 0.750. The van der Waals surface area contributed by atoms with Crippen LogP contribution in [0.5, 0.6) is 0 Å². The fourth-order valence-electron chi connectivity index (χ4n) is 1.34. The molecule has 0 aliphatic heterocycles. The number of benzene rings is 1. The maximum atomic E-state index is 10.6. The molecule has 0 aromatic heterocycles. The number of carbonyl (C=O) groups is 1. The number of carbonyl (C=O) groups excluding carboxylic acids is 1. The van der Waals surface area contributed by atoms with Crippen LogP contribution in [-0.2, 0) is 11.2 Å². The summed E-state index contributed by atoms with van der Waals surface area (Å²) in [5.41, 5.74) is 13.1. The van der Waals surface area contributed by atoms with Crippen molar-refractivity contribution in [1.29, 1.82) is 0 Å². The Kier molecular flexibility index (Phi) is 3.65. The summed E-state index contributed by atoms with van der Waals surface area (Å²) < 4.78 is 0. The molecule has 0 heterocycles. The molecular weight excluding hydrogens is 176 g/mol. The number of hydrogen-bond acceptors (Lipinski definition) is 2. The zero-order chi connectivity index (χ0) is 10.6. The van der Waals surface area contributed by atoms with E-state index in [1.54, 1.807) is 0 Å². The van der Waals surface area contributed by atoms with Gasteiger partial charge in [0.1, 0.15) is 0 Å². The SMILES string of the molecule is CCc1ccc([C@@H](N)CC(N)=O)cc1. The van der Waals surface area contributed by atoms with Crippen LogP contribution in [0.3, 0.4) is 0 Å². The van der Waals surface area contributed by atoms with Gasteiger partial charge in [0.15, 0.2) is 0 Å². The summed E-state index contributed by atoms with van der Waals surface area (Å²) in [6.07, 6.45) is 1.21. The molecule has 3 heteroatoms. The minimum atomic E-state index is -0.364. The molecule has 1 amide bonds. The lowest BCUT2D eigenvalue weighted by molar-refractivity contribution is -0.118. The van der Waals surface area contributed by atoms with Gasteiger partial charge in [-0.1, -0.05) is 31.2 Å². The van der Waals surface area contributed by atoms with Crippen molar-refractivity contribution >= 4 is 5.91 Å². The molecule has 1 aromatic rings. The van der Waals surface area contributed by atoms with Crippen molar-refractivity contribution in [3.8, 4) is 0 Å². The lowest BCUT2D eigenvalue weighted by atomic mass is 10.0. The van der Waals surface area contributed by atoms with Crippen LogP contribution in [0.4, 0.5) is 0 Å². The van der Waals surface area contributed by atoms with Crippen molar-refractivity contribution in [1.82, 2.24) is 0 Å². The molecule has 0 radical (unpaired) electrons. The Hall–Kier alpha value is -1.35. The molecule has 0 aliphatic carbocycles. The molecule has 0 saturated carbocycles. The molecular formula is C11H16N2O. The van der Waals surface area contributed by atoms with E-state index in [4.69, 9.17) is 11.5 Å². The Balaban J connectivity index is 2.71. The largest absolute Gasteiger partial charge is 0.370 e. The Morgan fingerprint density at radius 1 is 1.36 bits per heavy atom. The third-order valence-corrected chi connectivity index (χ3v) is 2.24. The predicted molar refractivity (Wildman–Crippen MR) is 56.6 cm³/mol. The highest BCUT2D eigenvalue weighted by Gasteiger charge is 2.08. The summed E-state index contributed by atoms with van der Waals surface area (Å²) in [5.74, 6) is -0.364. The van der Waals surface area contributed by atoms with Crippen molar-refractivity contribution in [3.05, 3.63) is 35.4 Å². The van der Waals surface area contributed by atoms with Gasteiger partial charge in [0.25, 0.3) is 0 Å². The number of hydrogen-bond donors (Lipinski definition) is 2. The van der Waals surface area contributed by atoms with Crippen LogP contribution in [0.2, 0.25) is 0 Å². The van der Waals surface area contributed by atoms with Crippen LogP contribution in [0.1, 0.15) is 30.5 Å². The molecule has 4 N–H and O–H groups in total. The Morgan fingerprint density at radius 3 is 2.36 bits per heavy atom. The molecule has 3 nitrogen and oxygen atoms in total. The first-order chi connectivity index (χ1) is 6.63. The van der Waals surface area contributed by atoms with Crippen molar-refractivity contribution < 1.29 is 4.79 Å². The normalized spacial score (nSPS) is 12.4. The van der Waals surface area contributed by atoms with Gasteiger partial charge in [0.2, 0.25) is 5.91 Å². The highest BCUT2D eigenvalue weighted by atomic mass is 16.1. The number of primary amides is 1. The fourth-order valence-corrected chi connectivity index (χ4v) is 1.34. The lowest BCUT2D eigenvalue weighted by Crippen LogP contribution is -2.20. The van der Waals surface area contributed by atoms with Crippen LogP contribution in [0.15, 0.2) is 24.3 Å². The van der Waals surface area contributed by atoms with Crippen LogP contribution in [0.25, 0.3) is 0 Å². The third kappa shape index (κ3) is 2.85. The predicted octanol–water partition coefficient (Wildman–Crippen LogP) is 1.12. The van der Waals surface area contributed by atoms with E-state index in [1.165, 1.54) is 5.56 Å². The average molecular weight is 192 g/mol. The molecule has 76 valence electrons. The maximum absolute atomic E-state index is 10.6. The van der Waals surface area contributed by atoms with Crippen LogP contribution < -0.4 is 11.5 Å². The van der Waals surface area contributed by atoms with Crippen LogP contribution in [0, 0.1) is 0 Å². The van der Waals surface area contributed by atoms with Gasteiger partial charge in [-0.15, -0.1) is 0 Å². The van der Waals surface area contributed by atoms with Gasteiger partial charge in [-0.3, -0.25) is 4.79 Å². The third-order valence-electron chi connectivity index (χ3n) is 2.24. The average Bonchev–Trinajstić information content (AvgIpc) is 2.17. The van der Waals surface area contributed by atoms with Gasteiger partial charge >= 0.3 is 0 Å². The van der Waals surface area contributed by atoms with E-state index in [9.17, 15) is 4.79 Å². The smallest absolute Gasteiger partial charge is 0.219 e. The topological polar surface area (TPSA) is 69.1 Å². The molecule has 0 fully saturated rings. The van der Waals surface area contributed by atoms with Gasteiger partial charge in [0, 0.05) is 12.5 Å². The first-order valence-electron chi connectivity index (χ1n) is 4.76. The molecule has 1 aromatic carbocycles. The van der Waals surface area contributed by atoms with Crippen LogP contribution in [-0.4, -0.2) is 5.91 Å². The first-order valence-corrected chi connectivity index (χ1v) is 4.76. The Bertz CT molecular complexity index is 306. The minimum Gasteiger partial charge on any atom is -0.370 e. The van der Waals surface area contributed by atoms with Crippen molar-refractivity contribution in [2.45, 2.75) is 25.8 Å². The fraction of sp³-hybridized carbons (Fsp3) is 0.364. The van der Waals surface area contributed by atoms with E-state index in [-0.39, 0.29) is 18.4 Å². The van der Waals surface area contributed by atoms with Gasteiger partial charge in [-0.2, -0.15) is 0 Å².